The summed E-state index contributed by atoms with van der Waals surface area (Å²) in [6, 6.07) is 7.41. The molecule has 0 saturated carbocycles. The minimum absolute atomic E-state index is 0.0838. The number of ketones is 1. The van der Waals surface area contributed by atoms with E-state index in [1.807, 2.05) is 0 Å². The minimum Gasteiger partial charge on any atom is -0.368 e. The van der Waals surface area contributed by atoms with Gasteiger partial charge < -0.3 is 15.8 Å². The Labute approximate surface area is 141 Å². The fourth-order valence-corrected chi connectivity index (χ4v) is 4.02. The molecule has 3 N–H and O–H groups in total. The number of carbonyl (C=O) groups is 2. The molecule has 0 aliphatic carbocycles. The average molecular weight is 354 g/mol. The van der Waals surface area contributed by atoms with E-state index >= 15 is 0 Å². The molecule has 7 nitrogen and oxygen atoms in total. The summed E-state index contributed by atoms with van der Waals surface area (Å²) in [5, 5.41) is 2.54. The first kappa shape index (κ1) is 18.6. The maximum absolute atomic E-state index is 12.2. The van der Waals surface area contributed by atoms with Gasteiger partial charge >= 0.3 is 0 Å². The zero-order chi connectivity index (χ0) is 18.0. The van der Waals surface area contributed by atoms with Crippen molar-refractivity contribution >= 4 is 21.5 Å². The number of hydrogen-bond acceptors (Lipinski definition) is 6. The molecule has 132 valence electrons. The van der Waals surface area contributed by atoms with E-state index in [1.165, 1.54) is 0 Å². The van der Waals surface area contributed by atoms with Crippen LogP contribution >= 0.6 is 0 Å². The summed E-state index contributed by atoms with van der Waals surface area (Å²) in [4.78, 5) is 24.1. The molecule has 1 aromatic carbocycles. The Bertz CT molecular complexity index is 719. The van der Waals surface area contributed by atoms with E-state index in [0.717, 1.165) is 0 Å². The second-order valence-electron chi connectivity index (χ2n) is 6.21. The van der Waals surface area contributed by atoms with E-state index in [-0.39, 0.29) is 18.1 Å². The third-order valence-corrected chi connectivity index (χ3v) is 5.88. The highest BCUT2D eigenvalue weighted by atomic mass is 32.2. The van der Waals surface area contributed by atoms with Crippen LogP contribution in [0.25, 0.3) is 0 Å². The lowest BCUT2D eigenvalue weighted by atomic mass is 9.93. The van der Waals surface area contributed by atoms with Crippen LogP contribution in [-0.4, -0.2) is 50.2 Å². The molecule has 24 heavy (non-hydrogen) atoms. The first-order chi connectivity index (χ1) is 11.1. The summed E-state index contributed by atoms with van der Waals surface area (Å²) >= 11 is 0. The topological polar surface area (TPSA) is 116 Å². The third-order valence-electron chi connectivity index (χ3n) is 4.24. The van der Waals surface area contributed by atoms with Crippen molar-refractivity contribution in [3.05, 3.63) is 35.9 Å². The van der Waals surface area contributed by atoms with E-state index in [9.17, 15) is 18.0 Å². The molecule has 0 aromatic heterocycles. The number of amides is 1. The van der Waals surface area contributed by atoms with Crippen molar-refractivity contribution in [3.63, 3.8) is 0 Å². The van der Waals surface area contributed by atoms with Crippen molar-refractivity contribution in [1.82, 2.24) is 5.32 Å². The van der Waals surface area contributed by atoms with Gasteiger partial charge in [0.1, 0.15) is 12.1 Å². The molecular weight excluding hydrogens is 332 g/mol. The van der Waals surface area contributed by atoms with Crippen molar-refractivity contribution in [2.45, 2.75) is 37.3 Å². The fraction of sp³-hybridized carbons (Fsp3) is 0.500. The van der Waals surface area contributed by atoms with Gasteiger partial charge in [-0.3, -0.25) is 9.59 Å². The zero-order valence-electron chi connectivity index (χ0n) is 13.7. The minimum atomic E-state index is -3.56. The highest BCUT2D eigenvalue weighted by Crippen LogP contribution is 2.22. The summed E-state index contributed by atoms with van der Waals surface area (Å²) < 4.78 is 29.6. The summed E-state index contributed by atoms with van der Waals surface area (Å²) in [7, 11) is -3.56. The summed E-state index contributed by atoms with van der Waals surface area (Å²) in [6.07, 6.45) is -0.498. The van der Waals surface area contributed by atoms with Crippen LogP contribution in [0.5, 0.6) is 0 Å². The lowest BCUT2D eigenvalue weighted by Crippen LogP contribution is -2.60. The van der Waals surface area contributed by atoms with Crippen LogP contribution in [-0.2, 0) is 29.9 Å². The van der Waals surface area contributed by atoms with Crippen molar-refractivity contribution in [3.8, 4) is 0 Å². The molecule has 1 aliphatic heterocycles. The monoisotopic (exact) mass is 354 g/mol. The van der Waals surface area contributed by atoms with Crippen LogP contribution < -0.4 is 11.1 Å². The number of nitrogens with one attached hydrogen (secondary N) is 1. The first-order valence-electron chi connectivity index (χ1n) is 7.61. The molecule has 1 heterocycles. The Morgan fingerprint density at radius 2 is 2.04 bits per heavy atom. The van der Waals surface area contributed by atoms with Crippen LogP contribution in [0.2, 0.25) is 0 Å². The van der Waals surface area contributed by atoms with E-state index in [4.69, 9.17) is 10.5 Å². The predicted molar refractivity (Wildman–Crippen MR) is 88.9 cm³/mol. The second-order valence-corrected chi connectivity index (χ2v) is 8.32. The molecule has 1 aromatic rings. The Morgan fingerprint density at radius 1 is 1.42 bits per heavy atom. The van der Waals surface area contributed by atoms with Gasteiger partial charge in [-0.05, 0) is 19.4 Å². The predicted octanol–water partition coefficient (Wildman–Crippen LogP) is -0.209. The third kappa shape index (κ3) is 4.19. The van der Waals surface area contributed by atoms with E-state index in [2.05, 4.69) is 5.32 Å². The van der Waals surface area contributed by atoms with Crippen LogP contribution in [0.3, 0.4) is 0 Å². The van der Waals surface area contributed by atoms with Crippen molar-refractivity contribution in [2.75, 3.05) is 12.4 Å². The Hall–Kier alpha value is -1.77. The molecule has 8 heteroatoms. The SMILES string of the molecule is CC1OCC(=O)C1(C)NC(=O)C(N)CS(=O)(=O)Cc1ccccc1. The van der Waals surface area contributed by atoms with Crippen LogP contribution in [0.1, 0.15) is 19.4 Å². The van der Waals surface area contributed by atoms with Gasteiger partial charge in [-0.25, -0.2) is 8.42 Å². The van der Waals surface area contributed by atoms with Crippen molar-refractivity contribution in [2.24, 2.45) is 5.73 Å². The van der Waals surface area contributed by atoms with Gasteiger partial charge in [0.25, 0.3) is 0 Å². The van der Waals surface area contributed by atoms with Gasteiger partial charge in [0.05, 0.1) is 23.7 Å². The van der Waals surface area contributed by atoms with Gasteiger partial charge in [0, 0.05) is 0 Å². The number of ether oxygens (including phenoxy) is 1. The number of sulfone groups is 1. The Balaban J connectivity index is 1.99. The fourth-order valence-electron chi connectivity index (χ4n) is 2.50. The number of benzene rings is 1. The van der Waals surface area contributed by atoms with Crippen LogP contribution in [0, 0.1) is 0 Å². The molecule has 3 atom stereocenters. The molecule has 3 unspecified atom stereocenters. The Kier molecular flexibility index (Phi) is 5.42. The molecule has 1 saturated heterocycles. The van der Waals surface area contributed by atoms with Gasteiger partial charge in [-0.15, -0.1) is 0 Å². The molecule has 0 spiro atoms. The van der Waals surface area contributed by atoms with Crippen molar-refractivity contribution in [1.29, 1.82) is 0 Å². The number of Topliss-reactive ketones (excluding diaryl/α,β-unsaturated/α-hetero) is 1. The summed E-state index contributed by atoms with van der Waals surface area (Å²) in [5.74, 6) is -1.62. The average Bonchev–Trinajstić information content (AvgIpc) is 2.74. The normalized spacial score (nSPS) is 25.5. The highest BCUT2D eigenvalue weighted by molar-refractivity contribution is 7.90. The van der Waals surface area contributed by atoms with Crippen molar-refractivity contribution < 1.29 is 22.7 Å². The largest absolute Gasteiger partial charge is 0.368 e. The smallest absolute Gasteiger partial charge is 0.238 e. The molecule has 1 fully saturated rings. The van der Waals surface area contributed by atoms with E-state index in [0.29, 0.717) is 5.56 Å². The maximum atomic E-state index is 12.2. The quantitative estimate of drug-likeness (QED) is 0.730. The first-order valence-corrected chi connectivity index (χ1v) is 9.43. The number of carbonyl (C=O) groups excluding carboxylic acids is 2. The molecule has 2 rings (SSSR count). The lowest BCUT2D eigenvalue weighted by Gasteiger charge is -2.28. The Morgan fingerprint density at radius 3 is 2.58 bits per heavy atom. The van der Waals surface area contributed by atoms with Crippen LogP contribution in [0.4, 0.5) is 0 Å². The molecule has 0 bridgehead atoms. The summed E-state index contributed by atoms with van der Waals surface area (Å²) in [5.41, 5.74) is 5.19. The van der Waals surface area contributed by atoms with Gasteiger partial charge in [0.15, 0.2) is 15.6 Å². The molecular formula is C16H22N2O5S. The molecule has 0 radical (unpaired) electrons. The van der Waals surface area contributed by atoms with Gasteiger partial charge in [-0.2, -0.15) is 0 Å². The lowest BCUT2D eigenvalue weighted by molar-refractivity contribution is -0.130. The summed E-state index contributed by atoms with van der Waals surface area (Å²) in [6.45, 7) is 3.14. The maximum Gasteiger partial charge on any atom is 0.238 e. The number of rotatable bonds is 6. The van der Waals surface area contributed by atoms with E-state index in [1.54, 1.807) is 44.2 Å². The number of hydrogen-bond donors (Lipinski definition) is 2. The van der Waals surface area contributed by atoms with Gasteiger partial charge in [-0.1, -0.05) is 30.3 Å². The standard InChI is InChI=1S/C16H22N2O5S/c1-11-16(2,14(19)8-23-11)18-15(20)13(17)10-24(21,22)9-12-6-4-3-5-7-12/h3-7,11,13H,8-10,17H2,1-2H3,(H,18,20). The molecule has 1 amide bonds. The molecule has 1 aliphatic rings. The highest BCUT2D eigenvalue weighted by Gasteiger charge is 2.46. The number of nitrogens with two attached hydrogens (primary N) is 1. The second kappa shape index (κ2) is 7.00. The van der Waals surface area contributed by atoms with Crippen LogP contribution in [0.15, 0.2) is 30.3 Å². The van der Waals surface area contributed by atoms with E-state index < -0.39 is 39.2 Å². The zero-order valence-corrected chi connectivity index (χ0v) is 14.5. The van der Waals surface area contributed by atoms with Gasteiger partial charge in [0.2, 0.25) is 5.91 Å².